The number of benzene rings is 2. The Bertz CT molecular complexity index is 869. The first-order chi connectivity index (χ1) is 13.3. The monoisotopic (exact) mass is 420 g/mol. The second-order valence-corrected chi connectivity index (χ2v) is 8.09. The molecule has 2 aromatic carbocycles. The van der Waals surface area contributed by atoms with Crippen LogP contribution in [0.3, 0.4) is 0 Å². The fraction of sp³-hybridized carbons (Fsp3) is 0.318. The molecule has 1 heterocycles. The number of carbonyl (C=O) groups excluding carboxylic acids is 1. The van der Waals surface area contributed by atoms with Gasteiger partial charge in [0, 0.05) is 47.8 Å². The van der Waals surface area contributed by atoms with Crippen LogP contribution >= 0.6 is 23.2 Å². The molecule has 28 heavy (non-hydrogen) atoms. The molecule has 0 spiro atoms. The number of carbonyl (C=O) groups is 1. The number of hydrogen-bond acceptors (Lipinski definition) is 2. The summed E-state index contributed by atoms with van der Waals surface area (Å²) in [6.45, 7) is 6.30. The van der Waals surface area contributed by atoms with Crippen LogP contribution in [0.4, 0.5) is 4.39 Å². The summed E-state index contributed by atoms with van der Waals surface area (Å²) in [6.07, 6.45) is 3.29. The van der Waals surface area contributed by atoms with Crippen LogP contribution in [0.2, 0.25) is 10.0 Å². The van der Waals surface area contributed by atoms with Crippen LogP contribution in [-0.2, 0) is 11.3 Å². The predicted octanol–water partition coefficient (Wildman–Crippen LogP) is 5.27. The van der Waals surface area contributed by atoms with Crippen molar-refractivity contribution in [2.45, 2.75) is 32.5 Å². The van der Waals surface area contributed by atoms with Crippen molar-refractivity contribution in [3.05, 3.63) is 75.5 Å². The summed E-state index contributed by atoms with van der Waals surface area (Å²) < 4.78 is 13.1. The summed E-state index contributed by atoms with van der Waals surface area (Å²) in [7, 11) is 0. The van der Waals surface area contributed by atoms with Crippen molar-refractivity contribution in [2.75, 3.05) is 13.1 Å². The van der Waals surface area contributed by atoms with Gasteiger partial charge in [0.2, 0.25) is 5.91 Å². The highest BCUT2D eigenvalue weighted by molar-refractivity contribution is 6.35. The third kappa shape index (κ3) is 5.13. The van der Waals surface area contributed by atoms with Crippen LogP contribution in [0.5, 0.6) is 0 Å². The van der Waals surface area contributed by atoms with E-state index in [1.54, 1.807) is 30.4 Å². The molecule has 1 aliphatic heterocycles. The van der Waals surface area contributed by atoms with Crippen molar-refractivity contribution in [2.24, 2.45) is 0 Å². The molecule has 0 aliphatic carbocycles. The largest absolute Gasteiger partial charge is 0.334 e. The van der Waals surface area contributed by atoms with E-state index in [4.69, 9.17) is 23.2 Å². The maximum absolute atomic E-state index is 13.1. The summed E-state index contributed by atoms with van der Waals surface area (Å²) in [6, 6.07) is 12.1. The van der Waals surface area contributed by atoms with Crippen LogP contribution < -0.4 is 0 Å². The molecule has 0 unspecified atom stereocenters. The Morgan fingerprint density at radius 1 is 1.11 bits per heavy atom. The van der Waals surface area contributed by atoms with E-state index in [0.717, 1.165) is 24.2 Å². The zero-order valence-electron chi connectivity index (χ0n) is 15.9. The lowest BCUT2D eigenvalue weighted by atomic mass is 10.1. The first-order valence-electron chi connectivity index (χ1n) is 9.25. The van der Waals surface area contributed by atoms with Crippen molar-refractivity contribution in [1.29, 1.82) is 0 Å². The minimum absolute atomic E-state index is 0.0354. The van der Waals surface area contributed by atoms with Crippen LogP contribution in [0.15, 0.2) is 48.5 Å². The molecular formula is C22H23Cl2FN2O. The van der Waals surface area contributed by atoms with Gasteiger partial charge in [-0.1, -0.05) is 41.4 Å². The molecule has 1 fully saturated rings. The van der Waals surface area contributed by atoms with Crippen LogP contribution in [0, 0.1) is 5.82 Å². The molecule has 1 aliphatic rings. The maximum atomic E-state index is 13.1. The third-order valence-electron chi connectivity index (χ3n) is 5.07. The van der Waals surface area contributed by atoms with E-state index >= 15 is 0 Å². The maximum Gasteiger partial charge on any atom is 0.246 e. The first-order valence-corrected chi connectivity index (χ1v) is 10.0. The SMILES string of the molecule is C[C@@H]1CN(C(=O)C=Cc2ccc(Cl)cc2Cl)[C@@H](C)CN1Cc1ccc(F)cc1. The minimum atomic E-state index is -0.229. The average molecular weight is 421 g/mol. The van der Waals surface area contributed by atoms with Gasteiger partial charge in [-0.05, 0) is 55.3 Å². The number of nitrogens with zero attached hydrogens (tertiary/aromatic N) is 2. The topological polar surface area (TPSA) is 23.6 Å². The van der Waals surface area contributed by atoms with Crippen molar-refractivity contribution < 1.29 is 9.18 Å². The average Bonchev–Trinajstić information content (AvgIpc) is 2.65. The molecule has 1 amide bonds. The molecule has 1 saturated heterocycles. The van der Waals surface area contributed by atoms with Gasteiger partial charge in [-0.25, -0.2) is 4.39 Å². The molecule has 0 bridgehead atoms. The van der Waals surface area contributed by atoms with E-state index in [0.29, 0.717) is 16.6 Å². The highest BCUT2D eigenvalue weighted by atomic mass is 35.5. The fourth-order valence-electron chi connectivity index (χ4n) is 3.44. The van der Waals surface area contributed by atoms with E-state index in [2.05, 4.69) is 11.8 Å². The van der Waals surface area contributed by atoms with E-state index in [9.17, 15) is 9.18 Å². The number of piperazine rings is 1. The van der Waals surface area contributed by atoms with Gasteiger partial charge in [-0.3, -0.25) is 9.69 Å². The Labute approximate surface area is 175 Å². The Morgan fingerprint density at radius 2 is 1.82 bits per heavy atom. The standard InChI is InChI=1S/C22H23Cl2FN2O/c1-15-13-27(22(28)10-6-18-5-7-19(23)11-21(18)24)16(2)12-26(15)14-17-3-8-20(25)9-4-17/h3-11,15-16H,12-14H2,1-2H3/t15-,16+/m1/s1. The highest BCUT2D eigenvalue weighted by Crippen LogP contribution is 2.23. The Morgan fingerprint density at radius 3 is 2.50 bits per heavy atom. The van der Waals surface area contributed by atoms with Crippen molar-refractivity contribution in [1.82, 2.24) is 9.80 Å². The molecule has 148 valence electrons. The number of amides is 1. The summed E-state index contributed by atoms with van der Waals surface area (Å²) in [5.41, 5.74) is 1.83. The Kier molecular flexibility index (Phi) is 6.76. The van der Waals surface area contributed by atoms with Gasteiger partial charge in [-0.2, -0.15) is 0 Å². The predicted molar refractivity (Wildman–Crippen MR) is 113 cm³/mol. The smallest absolute Gasteiger partial charge is 0.246 e. The lowest BCUT2D eigenvalue weighted by molar-refractivity contribution is -0.131. The lowest BCUT2D eigenvalue weighted by Crippen LogP contribution is -2.57. The molecule has 2 atom stereocenters. The van der Waals surface area contributed by atoms with Gasteiger partial charge >= 0.3 is 0 Å². The number of halogens is 3. The summed E-state index contributed by atoms with van der Waals surface area (Å²) >= 11 is 12.1. The molecule has 0 radical (unpaired) electrons. The molecular weight excluding hydrogens is 398 g/mol. The van der Waals surface area contributed by atoms with Gasteiger partial charge in [0.15, 0.2) is 0 Å². The molecule has 6 heteroatoms. The zero-order chi connectivity index (χ0) is 20.3. The summed E-state index contributed by atoms with van der Waals surface area (Å²) in [5.74, 6) is -0.264. The number of rotatable bonds is 4. The van der Waals surface area contributed by atoms with E-state index < -0.39 is 0 Å². The zero-order valence-corrected chi connectivity index (χ0v) is 17.4. The molecule has 3 rings (SSSR count). The summed E-state index contributed by atoms with van der Waals surface area (Å²) in [5, 5.41) is 1.08. The minimum Gasteiger partial charge on any atom is -0.334 e. The van der Waals surface area contributed by atoms with E-state index in [1.807, 2.05) is 24.0 Å². The van der Waals surface area contributed by atoms with Gasteiger partial charge < -0.3 is 4.90 Å². The Balaban J connectivity index is 1.63. The quantitative estimate of drug-likeness (QED) is 0.629. The molecule has 2 aromatic rings. The molecule has 0 aromatic heterocycles. The van der Waals surface area contributed by atoms with E-state index in [-0.39, 0.29) is 23.8 Å². The van der Waals surface area contributed by atoms with Crippen molar-refractivity contribution >= 4 is 35.2 Å². The fourth-order valence-corrected chi connectivity index (χ4v) is 3.91. The molecule has 0 N–H and O–H groups in total. The van der Waals surface area contributed by atoms with Crippen LogP contribution in [-0.4, -0.2) is 40.9 Å². The van der Waals surface area contributed by atoms with Crippen LogP contribution in [0.25, 0.3) is 6.08 Å². The lowest BCUT2D eigenvalue weighted by Gasteiger charge is -2.44. The first kappa shape index (κ1) is 20.8. The highest BCUT2D eigenvalue weighted by Gasteiger charge is 2.30. The Hall–Kier alpha value is -1.88. The van der Waals surface area contributed by atoms with Gasteiger partial charge in [0.1, 0.15) is 5.82 Å². The normalized spacial score (nSPS) is 20.7. The number of hydrogen-bond donors (Lipinski definition) is 0. The van der Waals surface area contributed by atoms with Crippen LogP contribution in [0.1, 0.15) is 25.0 Å². The van der Waals surface area contributed by atoms with Gasteiger partial charge in [0.25, 0.3) is 0 Å². The van der Waals surface area contributed by atoms with Gasteiger partial charge in [0.05, 0.1) is 0 Å². The second kappa shape index (κ2) is 9.08. The van der Waals surface area contributed by atoms with Gasteiger partial charge in [-0.15, -0.1) is 0 Å². The third-order valence-corrected chi connectivity index (χ3v) is 5.63. The second-order valence-electron chi connectivity index (χ2n) is 7.24. The molecule has 0 saturated carbocycles. The van der Waals surface area contributed by atoms with Crippen molar-refractivity contribution in [3.63, 3.8) is 0 Å². The van der Waals surface area contributed by atoms with Crippen molar-refractivity contribution in [3.8, 4) is 0 Å². The van der Waals surface area contributed by atoms with E-state index in [1.165, 1.54) is 12.1 Å². The summed E-state index contributed by atoms with van der Waals surface area (Å²) in [4.78, 5) is 16.9. The molecule has 3 nitrogen and oxygen atoms in total.